The van der Waals surface area contributed by atoms with Gasteiger partial charge >= 0.3 is 0 Å². The predicted octanol–water partition coefficient (Wildman–Crippen LogP) is 2.98. The molecule has 0 radical (unpaired) electrons. The number of carbonyl (C=O) groups excluding carboxylic acids is 1. The molecule has 4 rings (SSSR count). The summed E-state index contributed by atoms with van der Waals surface area (Å²) in [4.78, 5) is 15.5. The number of ether oxygens (including phenoxy) is 2. The van der Waals surface area contributed by atoms with Gasteiger partial charge in [0.25, 0.3) is 0 Å². The molecule has 2 aromatic carbocycles. The molecule has 1 N–H and O–H groups in total. The van der Waals surface area contributed by atoms with Crippen molar-refractivity contribution < 1.29 is 19.4 Å². The molecule has 0 spiro atoms. The van der Waals surface area contributed by atoms with Gasteiger partial charge in [-0.25, -0.2) is 0 Å². The van der Waals surface area contributed by atoms with Crippen LogP contribution in [0.3, 0.4) is 0 Å². The van der Waals surface area contributed by atoms with Gasteiger partial charge in [-0.1, -0.05) is 18.2 Å². The Morgan fingerprint density at radius 3 is 2.79 bits per heavy atom. The van der Waals surface area contributed by atoms with Crippen molar-refractivity contribution in [1.29, 1.82) is 0 Å². The minimum atomic E-state index is -1.02. The van der Waals surface area contributed by atoms with Crippen LogP contribution in [0.4, 0.5) is 5.69 Å². The summed E-state index contributed by atoms with van der Waals surface area (Å²) >= 11 is 1.39. The lowest BCUT2D eigenvalue weighted by Crippen LogP contribution is -2.49. The van der Waals surface area contributed by atoms with Gasteiger partial charge in [0.05, 0.1) is 5.69 Å². The Morgan fingerprint density at radius 1 is 1.21 bits per heavy atom. The Kier molecular flexibility index (Phi) is 3.47. The fraction of sp³-hybridized carbons (Fsp3) is 0.278. The number of hydrogen-bond acceptors (Lipinski definition) is 5. The number of benzene rings is 2. The number of aliphatic hydroxyl groups is 1. The number of aliphatic hydroxyl groups excluding tert-OH is 1. The second-order valence-corrected chi connectivity index (χ2v) is 7.55. The van der Waals surface area contributed by atoms with Crippen LogP contribution in [0.15, 0.2) is 47.4 Å². The van der Waals surface area contributed by atoms with Crippen LogP contribution in [0.1, 0.15) is 18.6 Å². The predicted molar refractivity (Wildman–Crippen MR) is 91.6 cm³/mol. The highest BCUT2D eigenvalue weighted by Gasteiger charge is 2.48. The number of para-hydroxylation sites is 1. The Balaban J connectivity index is 1.73. The number of thioether (sulfide) groups is 1. The number of amides is 1. The van der Waals surface area contributed by atoms with E-state index in [0.29, 0.717) is 17.1 Å². The number of carbonyl (C=O) groups is 1. The number of hydrogen-bond donors (Lipinski definition) is 1. The largest absolute Gasteiger partial charge is 0.454 e. The maximum Gasteiger partial charge on any atom is 0.246 e. The number of rotatable bonds is 2. The molecule has 5 nitrogen and oxygen atoms in total. The lowest BCUT2D eigenvalue weighted by Gasteiger charge is -2.41. The third kappa shape index (κ3) is 2.17. The molecule has 124 valence electrons. The van der Waals surface area contributed by atoms with Gasteiger partial charge in [-0.05, 0) is 36.8 Å². The molecule has 6 heteroatoms. The molecule has 2 heterocycles. The second kappa shape index (κ2) is 5.43. The van der Waals surface area contributed by atoms with Gasteiger partial charge in [-0.2, -0.15) is 0 Å². The fourth-order valence-corrected chi connectivity index (χ4v) is 4.49. The van der Waals surface area contributed by atoms with Crippen LogP contribution in [0.25, 0.3) is 0 Å². The van der Waals surface area contributed by atoms with E-state index >= 15 is 0 Å². The van der Waals surface area contributed by atoms with Crippen molar-refractivity contribution in [1.82, 2.24) is 0 Å². The molecule has 2 aliphatic rings. The summed E-state index contributed by atoms with van der Waals surface area (Å²) in [5.74, 6) is 1.12. The minimum Gasteiger partial charge on any atom is -0.454 e. The average molecular weight is 343 g/mol. The van der Waals surface area contributed by atoms with Crippen molar-refractivity contribution in [2.24, 2.45) is 0 Å². The summed E-state index contributed by atoms with van der Waals surface area (Å²) in [6.45, 7) is 1.96. The van der Waals surface area contributed by atoms with Crippen molar-refractivity contribution in [3.8, 4) is 11.5 Å². The fourth-order valence-electron chi connectivity index (χ4n) is 3.11. The topological polar surface area (TPSA) is 59.0 Å². The molecule has 0 aromatic heterocycles. The van der Waals surface area contributed by atoms with Crippen LogP contribution in [0.5, 0.6) is 11.5 Å². The quantitative estimate of drug-likeness (QED) is 0.908. The minimum absolute atomic E-state index is 0.128. The van der Waals surface area contributed by atoms with Crippen molar-refractivity contribution in [3.63, 3.8) is 0 Å². The first-order valence-corrected chi connectivity index (χ1v) is 8.46. The van der Waals surface area contributed by atoms with E-state index in [1.807, 2.05) is 24.3 Å². The van der Waals surface area contributed by atoms with Gasteiger partial charge in [0.15, 0.2) is 11.5 Å². The Hall–Kier alpha value is -2.18. The molecule has 0 saturated heterocycles. The zero-order chi connectivity index (χ0) is 16.9. The van der Waals surface area contributed by atoms with Crippen molar-refractivity contribution in [3.05, 3.63) is 48.0 Å². The molecule has 0 fully saturated rings. The molecule has 1 amide bonds. The number of fused-ring (bicyclic) bond motifs is 2. The van der Waals surface area contributed by atoms with E-state index in [1.54, 1.807) is 37.1 Å². The maximum atomic E-state index is 12.9. The molecule has 2 aliphatic heterocycles. The monoisotopic (exact) mass is 343 g/mol. The average Bonchev–Trinajstić information content (AvgIpc) is 3.07. The van der Waals surface area contributed by atoms with Gasteiger partial charge in [-0.15, -0.1) is 11.8 Å². The number of anilines is 1. The van der Waals surface area contributed by atoms with Crippen LogP contribution in [0, 0.1) is 0 Å². The number of nitrogens with zero attached hydrogens (tertiary/aromatic N) is 1. The Labute approximate surface area is 144 Å². The van der Waals surface area contributed by atoms with E-state index in [2.05, 4.69) is 0 Å². The van der Waals surface area contributed by atoms with E-state index < -0.39 is 10.9 Å². The highest BCUT2D eigenvalue weighted by molar-refractivity contribution is 8.01. The van der Waals surface area contributed by atoms with E-state index in [1.165, 1.54) is 11.8 Å². The van der Waals surface area contributed by atoms with Gasteiger partial charge in [0.2, 0.25) is 12.7 Å². The molecule has 2 aromatic rings. The normalized spacial score (nSPS) is 23.1. The first kappa shape index (κ1) is 15.4. The molecule has 2 atom stereocenters. The lowest BCUT2D eigenvalue weighted by molar-refractivity contribution is -0.123. The van der Waals surface area contributed by atoms with E-state index in [-0.39, 0.29) is 12.7 Å². The Morgan fingerprint density at radius 2 is 1.96 bits per heavy atom. The van der Waals surface area contributed by atoms with E-state index in [0.717, 1.165) is 10.6 Å². The highest BCUT2D eigenvalue weighted by atomic mass is 32.2. The van der Waals surface area contributed by atoms with Gasteiger partial charge < -0.3 is 19.5 Å². The summed E-state index contributed by atoms with van der Waals surface area (Å²) in [6.07, 6.45) is -0.972. The van der Waals surface area contributed by atoms with Crippen LogP contribution < -0.4 is 14.4 Å². The lowest BCUT2D eigenvalue weighted by atomic mass is 9.94. The van der Waals surface area contributed by atoms with Crippen LogP contribution >= 0.6 is 11.8 Å². The third-order valence-electron chi connectivity index (χ3n) is 4.51. The molecule has 0 unspecified atom stereocenters. The molecular formula is C18H17NO4S. The summed E-state index contributed by atoms with van der Waals surface area (Å²) in [5, 5.41) is 11.0. The summed E-state index contributed by atoms with van der Waals surface area (Å²) < 4.78 is 9.67. The Bertz CT molecular complexity index is 824. The smallest absolute Gasteiger partial charge is 0.246 e. The summed E-state index contributed by atoms with van der Waals surface area (Å²) in [7, 11) is 1.74. The van der Waals surface area contributed by atoms with Gasteiger partial charge in [-0.3, -0.25) is 4.79 Å². The maximum absolute atomic E-state index is 12.9. The second-order valence-electron chi connectivity index (χ2n) is 6.06. The van der Waals surface area contributed by atoms with E-state index in [9.17, 15) is 9.90 Å². The van der Waals surface area contributed by atoms with E-state index in [4.69, 9.17) is 9.47 Å². The zero-order valence-electron chi connectivity index (χ0n) is 13.4. The summed E-state index contributed by atoms with van der Waals surface area (Å²) in [5.41, 5.74) is 1.50. The first-order chi connectivity index (χ1) is 11.5. The highest BCUT2D eigenvalue weighted by Crippen LogP contribution is 2.50. The summed E-state index contributed by atoms with van der Waals surface area (Å²) in [6, 6.07) is 13.0. The SMILES string of the molecule is CN1C(=O)[C@@](C)([C@@H](O)c2ccc3c(c2)OCO3)Sc2ccccc21. The van der Waals surface area contributed by atoms with Crippen molar-refractivity contribution in [2.45, 2.75) is 22.7 Å². The van der Waals surface area contributed by atoms with Gasteiger partial charge in [0, 0.05) is 11.9 Å². The van der Waals surface area contributed by atoms with Crippen LogP contribution in [-0.2, 0) is 4.79 Å². The van der Waals surface area contributed by atoms with Crippen molar-refractivity contribution in [2.75, 3.05) is 18.7 Å². The first-order valence-electron chi connectivity index (χ1n) is 7.64. The molecule has 24 heavy (non-hydrogen) atoms. The third-order valence-corrected chi connectivity index (χ3v) is 5.90. The molecular weight excluding hydrogens is 326 g/mol. The van der Waals surface area contributed by atoms with Crippen LogP contribution in [0.2, 0.25) is 0 Å². The molecule has 0 saturated carbocycles. The molecule has 0 bridgehead atoms. The van der Waals surface area contributed by atoms with Gasteiger partial charge in [0.1, 0.15) is 10.9 Å². The van der Waals surface area contributed by atoms with Crippen molar-refractivity contribution >= 4 is 23.4 Å². The molecule has 0 aliphatic carbocycles. The van der Waals surface area contributed by atoms with Crippen LogP contribution in [-0.4, -0.2) is 29.6 Å². The standard InChI is InChI=1S/C18H17NO4S/c1-18(16(20)11-7-8-13-14(9-11)23-10-22-13)17(21)19(2)12-5-3-4-6-15(12)24-18/h3-9,16,20H,10H2,1-2H3/t16-,18+/m0/s1. The zero-order valence-corrected chi connectivity index (χ0v) is 14.2.